The van der Waals surface area contributed by atoms with E-state index in [1.54, 1.807) is 47.4 Å². The average molecular weight is 484 g/mol. The Morgan fingerprint density at radius 2 is 1.91 bits per heavy atom. The van der Waals surface area contributed by atoms with Crippen molar-refractivity contribution in [2.45, 2.75) is 37.7 Å². The number of ketones is 1. The number of amidine groups is 1. The third kappa shape index (κ3) is 4.86. The molecule has 0 unspecified atom stereocenters. The van der Waals surface area contributed by atoms with Crippen molar-refractivity contribution in [3.05, 3.63) is 59.7 Å². The Kier molecular flexibility index (Phi) is 6.52. The summed E-state index contributed by atoms with van der Waals surface area (Å²) in [6, 6.07) is 13.1. The molecule has 0 aromatic heterocycles. The van der Waals surface area contributed by atoms with E-state index in [2.05, 4.69) is 9.71 Å². The molecule has 1 saturated heterocycles. The van der Waals surface area contributed by atoms with Crippen LogP contribution in [0.25, 0.3) is 0 Å². The van der Waals surface area contributed by atoms with Gasteiger partial charge in [-0.05, 0) is 51.0 Å². The zero-order valence-electron chi connectivity index (χ0n) is 18.9. The van der Waals surface area contributed by atoms with E-state index in [1.807, 2.05) is 0 Å². The van der Waals surface area contributed by atoms with Gasteiger partial charge < -0.3 is 15.0 Å². The zero-order valence-corrected chi connectivity index (χ0v) is 19.7. The highest BCUT2D eigenvalue weighted by molar-refractivity contribution is 7.90. The molecule has 1 fully saturated rings. The lowest BCUT2D eigenvalue weighted by molar-refractivity contribution is -0.158. The molecular weight excluding hydrogens is 458 g/mol. The third-order valence-corrected chi connectivity index (χ3v) is 7.19. The summed E-state index contributed by atoms with van der Waals surface area (Å²) in [5, 5.41) is 2.65. The summed E-state index contributed by atoms with van der Waals surface area (Å²) in [6.45, 7) is 3.72. The molecule has 0 bridgehead atoms. The molecule has 1 N–H and O–H groups in total. The van der Waals surface area contributed by atoms with Gasteiger partial charge in [0.25, 0.3) is 15.9 Å². The van der Waals surface area contributed by atoms with Crippen molar-refractivity contribution in [3.8, 4) is 0 Å². The minimum Gasteiger partial charge on any atom is -0.452 e. The standard InChI is InChI=1S/C24H25N3O6S/c1-15(28)17-7-5-9-19(13-17)25-23(29)16(2)33-24(30)18-8-6-12-27(14-18)22-20-10-3-4-11-21(20)34(31,32)26-22/h3-5,7,9-11,13,16,18H,6,8,12,14H2,1-2H3,(H,25,29)/t16-,18+/m1/s1. The van der Waals surface area contributed by atoms with Crippen LogP contribution in [0.4, 0.5) is 5.69 Å². The van der Waals surface area contributed by atoms with E-state index in [0.29, 0.717) is 42.0 Å². The highest BCUT2D eigenvalue weighted by Gasteiger charge is 2.36. The fraction of sp³-hybridized carbons (Fsp3) is 0.333. The Bertz CT molecular complexity index is 1290. The summed E-state index contributed by atoms with van der Waals surface area (Å²) < 4.78 is 34.1. The summed E-state index contributed by atoms with van der Waals surface area (Å²) in [5.74, 6) is -1.35. The Labute approximate surface area is 197 Å². The molecule has 2 heterocycles. The Balaban J connectivity index is 1.39. The summed E-state index contributed by atoms with van der Waals surface area (Å²) in [4.78, 5) is 38.8. The van der Waals surface area contributed by atoms with E-state index < -0.39 is 33.9 Å². The monoisotopic (exact) mass is 483 g/mol. The van der Waals surface area contributed by atoms with E-state index in [9.17, 15) is 22.8 Å². The minimum atomic E-state index is -3.75. The summed E-state index contributed by atoms with van der Waals surface area (Å²) in [6.07, 6.45) is 0.166. The van der Waals surface area contributed by atoms with Gasteiger partial charge in [0.1, 0.15) is 4.90 Å². The maximum Gasteiger partial charge on any atom is 0.311 e. The van der Waals surface area contributed by atoms with E-state index in [4.69, 9.17) is 4.74 Å². The molecule has 0 saturated carbocycles. The first-order valence-electron chi connectivity index (χ1n) is 11.0. The zero-order chi connectivity index (χ0) is 24.5. The predicted molar refractivity (Wildman–Crippen MR) is 125 cm³/mol. The fourth-order valence-corrected chi connectivity index (χ4v) is 5.29. The van der Waals surface area contributed by atoms with Gasteiger partial charge in [0.15, 0.2) is 17.7 Å². The maximum absolute atomic E-state index is 12.8. The second-order valence-corrected chi connectivity index (χ2v) is 9.95. The first-order valence-corrected chi connectivity index (χ1v) is 12.4. The molecule has 9 nitrogen and oxygen atoms in total. The molecule has 0 spiro atoms. The van der Waals surface area contributed by atoms with Crippen LogP contribution in [0.5, 0.6) is 0 Å². The van der Waals surface area contributed by atoms with Crippen molar-refractivity contribution in [2.24, 2.45) is 10.3 Å². The first-order chi connectivity index (χ1) is 16.2. The van der Waals surface area contributed by atoms with Crippen LogP contribution in [0, 0.1) is 5.92 Å². The van der Waals surface area contributed by atoms with Crippen molar-refractivity contribution in [1.29, 1.82) is 0 Å². The molecule has 0 radical (unpaired) electrons. The minimum absolute atomic E-state index is 0.125. The van der Waals surface area contributed by atoms with Gasteiger partial charge in [-0.15, -0.1) is 4.40 Å². The molecule has 2 atom stereocenters. The molecule has 2 aromatic carbocycles. The Morgan fingerprint density at radius 3 is 2.68 bits per heavy atom. The normalized spacial score (nSPS) is 19.5. The number of hydrogen-bond donors (Lipinski definition) is 1. The number of rotatable bonds is 5. The van der Waals surface area contributed by atoms with Crippen molar-refractivity contribution in [2.75, 3.05) is 18.4 Å². The van der Waals surface area contributed by atoms with Crippen molar-refractivity contribution >= 4 is 39.2 Å². The number of carbonyl (C=O) groups excluding carboxylic acids is 3. The van der Waals surface area contributed by atoms with Gasteiger partial charge in [-0.1, -0.05) is 24.3 Å². The third-order valence-electron chi connectivity index (χ3n) is 5.87. The molecule has 34 heavy (non-hydrogen) atoms. The number of ether oxygens (including phenoxy) is 1. The smallest absolute Gasteiger partial charge is 0.311 e. The van der Waals surface area contributed by atoms with Gasteiger partial charge >= 0.3 is 5.97 Å². The van der Waals surface area contributed by atoms with E-state index >= 15 is 0 Å². The average Bonchev–Trinajstić information content (AvgIpc) is 3.10. The van der Waals surface area contributed by atoms with Gasteiger partial charge in [0.2, 0.25) is 0 Å². The van der Waals surface area contributed by atoms with E-state index in [0.717, 1.165) is 0 Å². The number of carbonyl (C=O) groups is 3. The Morgan fingerprint density at radius 1 is 1.15 bits per heavy atom. The summed E-state index contributed by atoms with van der Waals surface area (Å²) in [5.41, 5.74) is 1.42. The molecule has 178 valence electrons. The van der Waals surface area contributed by atoms with Crippen LogP contribution in [0.2, 0.25) is 0 Å². The molecule has 2 aliphatic heterocycles. The lowest BCUT2D eigenvalue weighted by Crippen LogP contribution is -2.44. The SMILES string of the molecule is CC(=O)c1cccc(NC(=O)[C@@H](C)OC(=O)[C@H]2CCCN(C3=NS(=O)(=O)c4ccccc43)C2)c1. The number of amides is 1. The molecule has 0 aliphatic carbocycles. The molecule has 10 heteroatoms. The van der Waals surface area contributed by atoms with Crippen molar-refractivity contribution in [3.63, 3.8) is 0 Å². The van der Waals surface area contributed by atoms with Crippen LogP contribution in [0.3, 0.4) is 0 Å². The number of Topliss-reactive ketones (excluding diaryl/α,β-unsaturated/α-hetero) is 1. The van der Waals surface area contributed by atoms with Gasteiger partial charge in [0, 0.05) is 29.9 Å². The summed E-state index contributed by atoms with van der Waals surface area (Å²) >= 11 is 0. The van der Waals surface area contributed by atoms with Gasteiger partial charge in [-0.2, -0.15) is 8.42 Å². The number of sulfonamides is 1. The van der Waals surface area contributed by atoms with Gasteiger partial charge in [0.05, 0.1) is 5.92 Å². The first kappa shape index (κ1) is 23.6. The number of esters is 1. The number of anilines is 1. The van der Waals surface area contributed by atoms with E-state index in [1.165, 1.54) is 19.9 Å². The van der Waals surface area contributed by atoms with Crippen LogP contribution in [-0.4, -0.2) is 56.0 Å². The highest BCUT2D eigenvalue weighted by Crippen LogP contribution is 2.30. The lowest BCUT2D eigenvalue weighted by atomic mass is 9.97. The largest absolute Gasteiger partial charge is 0.452 e. The summed E-state index contributed by atoms with van der Waals surface area (Å²) in [7, 11) is -3.75. The lowest BCUT2D eigenvalue weighted by Gasteiger charge is -2.33. The number of nitrogens with zero attached hydrogens (tertiary/aromatic N) is 2. The van der Waals surface area contributed by atoms with Gasteiger partial charge in [-0.3, -0.25) is 14.4 Å². The highest BCUT2D eigenvalue weighted by atomic mass is 32.2. The maximum atomic E-state index is 12.8. The molecule has 4 rings (SSSR count). The van der Waals surface area contributed by atoms with Crippen LogP contribution in [0.15, 0.2) is 57.8 Å². The van der Waals surface area contributed by atoms with Crippen LogP contribution in [0.1, 0.15) is 42.6 Å². The topological polar surface area (TPSA) is 122 Å². The molecule has 2 aromatic rings. The van der Waals surface area contributed by atoms with Crippen LogP contribution < -0.4 is 5.32 Å². The van der Waals surface area contributed by atoms with Crippen molar-refractivity contribution in [1.82, 2.24) is 4.90 Å². The van der Waals surface area contributed by atoms with Crippen LogP contribution in [-0.2, 0) is 24.3 Å². The number of fused-ring (bicyclic) bond motifs is 1. The predicted octanol–water partition coefficient (Wildman–Crippen LogP) is 2.62. The molecular formula is C24H25N3O6S. The van der Waals surface area contributed by atoms with Crippen molar-refractivity contribution < 1.29 is 27.5 Å². The number of piperidine rings is 1. The quantitative estimate of drug-likeness (QED) is 0.512. The second-order valence-electron chi connectivity index (χ2n) is 8.38. The number of hydrogen-bond acceptors (Lipinski definition) is 7. The second kappa shape index (κ2) is 9.38. The molecule has 1 amide bonds. The fourth-order valence-electron chi connectivity index (χ4n) is 4.06. The number of likely N-dealkylation sites (tertiary alicyclic amines) is 1. The van der Waals surface area contributed by atoms with E-state index in [-0.39, 0.29) is 17.2 Å². The Hall–Kier alpha value is -3.53. The number of benzene rings is 2. The number of nitrogens with one attached hydrogen (secondary N) is 1. The van der Waals surface area contributed by atoms with Crippen LogP contribution >= 0.6 is 0 Å². The van der Waals surface area contributed by atoms with Gasteiger partial charge in [-0.25, -0.2) is 0 Å². The molecule has 2 aliphatic rings.